The summed E-state index contributed by atoms with van der Waals surface area (Å²) in [6.07, 6.45) is 1.20. The number of rotatable bonds is 5. The summed E-state index contributed by atoms with van der Waals surface area (Å²) in [4.78, 5) is 12.1. The molecule has 0 aliphatic rings. The minimum absolute atomic E-state index is 0.159. The van der Waals surface area contributed by atoms with Gasteiger partial charge in [-0.2, -0.15) is 0 Å². The van der Waals surface area contributed by atoms with E-state index in [4.69, 9.17) is 0 Å². The normalized spacial score (nSPS) is 11.3. The fourth-order valence-corrected chi connectivity index (χ4v) is 1.67. The molecule has 17 heavy (non-hydrogen) atoms. The van der Waals surface area contributed by atoms with Gasteiger partial charge >= 0.3 is 0 Å². The van der Waals surface area contributed by atoms with E-state index in [1.54, 1.807) is 12.1 Å². The Balaban J connectivity index is 2.82. The molecule has 1 nitrogen and oxygen atoms in total. The second kappa shape index (κ2) is 5.26. The third kappa shape index (κ3) is 3.52. The van der Waals surface area contributed by atoms with Crippen LogP contribution in [-0.2, 0) is 10.2 Å². The highest BCUT2D eigenvalue weighted by Crippen LogP contribution is 2.26. The van der Waals surface area contributed by atoms with Gasteiger partial charge in [-0.15, -0.1) is 6.58 Å². The molecule has 0 spiro atoms. The van der Waals surface area contributed by atoms with Crippen molar-refractivity contribution in [1.29, 1.82) is 0 Å². The summed E-state index contributed by atoms with van der Waals surface area (Å²) in [6, 6.07) is 6.13. The van der Waals surface area contributed by atoms with Gasteiger partial charge in [0.05, 0.1) is 0 Å². The molecule has 0 atom stereocenters. The van der Waals surface area contributed by atoms with Gasteiger partial charge in [0.1, 0.15) is 11.6 Å². The van der Waals surface area contributed by atoms with Crippen molar-refractivity contribution < 1.29 is 9.18 Å². The van der Waals surface area contributed by atoms with Gasteiger partial charge in [-0.25, -0.2) is 4.39 Å². The number of carbonyl (C=O) groups excluding carboxylic acids is 1. The Labute approximate surface area is 102 Å². The number of benzene rings is 1. The van der Waals surface area contributed by atoms with E-state index >= 15 is 0 Å². The lowest BCUT2D eigenvalue weighted by Gasteiger charge is -2.23. The molecule has 0 saturated heterocycles. The predicted molar refractivity (Wildman–Crippen MR) is 68.5 cm³/mol. The van der Waals surface area contributed by atoms with Gasteiger partial charge in [-0.3, -0.25) is 4.79 Å². The van der Waals surface area contributed by atoms with E-state index in [0.29, 0.717) is 12.8 Å². The number of carbonyl (C=O) groups is 1. The molecular formula is C15H19FO. The third-order valence-electron chi connectivity index (χ3n) is 3.04. The highest BCUT2D eigenvalue weighted by atomic mass is 19.1. The molecule has 2 heteroatoms. The molecular weight excluding hydrogens is 215 g/mol. The number of Topliss-reactive ketones (excluding diaryl/α,β-unsaturated/α-hetero) is 1. The Bertz CT molecular complexity index is 415. The second-order valence-corrected chi connectivity index (χ2v) is 5.01. The largest absolute Gasteiger partial charge is 0.299 e. The van der Waals surface area contributed by atoms with Crippen LogP contribution in [0.4, 0.5) is 4.39 Å². The molecule has 0 saturated carbocycles. The van der Waals surface area contributed by atoms with Crippen LogP contribution in [0.5, 0.6) is 0 Å². The fraction of sp³-hybridized carbons (Fsp3) is 0.400. The van der Waals surface area contributed by atoms with Crippen molar-refractivity contribution >= 4 is 5.78 Å². The molecule has 1 aromatic rings. The quantitative estimate of drug-likeness (QED) is 0.703. The molecule has 1 rings (SSSR count). The number of halogens is 1. The van der Waals surface area contributed by atoms with Gasteiger partial charge in [-0.05, 0) is 44.9 Å². The summed E-state index contributed by atoms with van der Waals surface area (Å²) in [6.45, 7) is 9.46. The van der Waals surface area contributed by atoms with E-state index < -0.39 is 5.41 Å². The molecule has 0 bridgehead atoms. The van der Waals surface area contributed by atoms with Gasteiger partial charge in [0.25, 0.3) is 0 Å². The lowest BCUT2D eigenvalue weighted by molar-refractivity contribution is -0.123. The highest BCUT2D eigenvalue weighted by Gasteiger charge is 2.28. The lowest BCUT2D eigenvalue weighted by atomic mass is 9.79. The van der Waals surface area contributed by atoms with Crippen molar-refractivity contribution in [2.24, 2.45) is 0 Å². The van der Waals surface area contributed by atoms with Gasteiger partial charge in [0.2, 0.25) is 0 Å². The summed E-state index contributed by atoms with van der Waals surface area (Å²) in [7, 11) is 0. The molecule has 0 amide bonds. The standard InChI is InChI=1S/C15H19FO/c1-11(2)5-10-14(17)15(3,4)12-6-8-13(16)9-7-12/h6-9H,1,5,10H2,2-4H3. The molecule has 0 heterocycles. The zero-order valence-electron chi connectivity index (χ0n) is 10.7. The Hall–Kier alpha value is -1.44. The maximum atomic E-state index is 12.8. The second-order valence-electron chi connectivity index (χ2n) is 5.01. The first kappa shape index (κ1) is 13.6. The van der Waals surface area contributed by atoms with Crippen LogP contribution >= 0.6 is 0 Å². The molecule has 0 aromatic heterocycles. The van der Waals surface area contributed by atoms with E-state index in [1.165, 1.54) is 12.1 Å². The topological polar surface area (TPSA) is 17.1 Å². The van der Waals surface area contributed by atoms with Gasteiger partial charge in [0, 0.05) is 11.8 Å². The molecule has 0 unspecified atom stereocenters. The van der Waals surface area contributed by atoms with E-state index in [9.17, 15) is 9.18 Å². The first-order chi connectivity index (χ1) is 7.84. The zero-order chi connectivity index (χ0) is 13.1. The van der Waals surface area contributed by atoms with Crippen LogP contribution < -0.4 is 0 Å². The van der Waals surface area contributed by atoms with Crippen molar-refractivity contribution in [2.45, 2.75) is 39.0 Å². The number of ketones is 1. The van der Waals surface area contributed by atoms with E-state index in [-0.39, 0.29) is 11.6 Å². The van der Waals surface area contributed by atoms with Crippen LogP contribution in [0.2, 0.25) is 0 Å². The van der Waals surface area contributed by atoms with Crippen molar-refractivity contribution in [3.63, 3.8) is 0 Å². The highest BCUT2D eigenvalue weighted by molar-refractivity contribution is 5.89. The molecule has 0 radical (unpaired) electrons. The van der Waals surface area contributed by atoms with Gasteiger partial charge in [0.15, 0.2) is 0 Å². The third-order valence-corrected chi connectivity index (χ3v) is 3.04. The Morgan fingerprint density at radius 3 is 2.24 bits per heavy atom. The first-order valence-electron chi connectivity index (χ1n) is 5.78. The van der Waals surface area contributed by atoms with Gasteiger partial charge < -0.3 is 0 Å². The van der Waals surface area contributed by atoms with Crippen LogP contribution in [0.25, 0.3) is 0 Å². The van der Waals surface area contributed by atoms with Crippen LogP contribution in [0.3, 0.4) is 0 Å². The Kier molecular flexibility index (Phi) is 4.22. The fourth-order valence-electron chi connectivity index (χ4n) is 1.67. The minimum Gasteiger partial charge on any atom is -0.299 e. The summed E-state index contributed by atoms with van der Waals surface area (Å²) < 4.78 is 12.8. The predicted octanol–water partition coefficient (Wildman–Crippen LogP) is 4.03. The van der Waals surface area contributed by atoms with E-state index in [0.717, 1.165) is 11.1 Å². The average Bonchev–Trinajstić information content (AvgIpc) is 2.26. The molecule has 1 aromatic carbocycles. The van der Waals surface area contributed by atoms with E-state index in [2.05, 4.69) is 6.58 Å². The maximum absolute atomic E-state index is 12.8. The summed E-state index contributed by atoms with van der Waals surface area (Å²) in [5.41, 5.74) is 1.29. The van der Waals surface area contributed by atoms with E-state index in [1.807, 2.05) is 20.8 Å². The van der Waals surface area contributed by atoms with Crippen LogP contribution in [0.1, 0.15) is 39.2 Å². The number of hydrogen-bond acceptors (Lipinski definition) is 1. The summed E-state index contributed by atoms with van der Waals surface area (Å²) in [5.74, 6) is -0.119. The van der Waals surface area contributed by atoms with Crippen molar-refractivity contribution in [1.82, 2.24) is 0 Å². The SMILES string of the molecule is C=C(C)CCC(=O)C(C)(C)c1ccc(F)cc1. The van der Waals surface area contributed by atoms with Crippen LogP contribution in [0.15, 0.2) is 36.4 Å². The Morgan fingerprint density at radius 2 is 1.76 bits per heavy atom. The molecule has 92 valence electrons. The lowest BCUT2D eigenvalue weighted by Crippen LogP contribution is -2.28. The average molecular weight is 234 g/mol. The summed E-state index contributed by atoms with van der Waals surface area (Å²) in [5, 5.41) is 0. The molecule has 0 fully saturated rings. The van der Waals surface area contributed by atoms with Crippen molar-refractivity contribution in [3.05, 3.63) is 47.8 Å². The van der Waals surface area contributed by atoms with Crippen LogP contribution in [-0.4, -0.2) is 5.78 Å². The monoisotopic (exact) mass is 234 g/mol. The zero-order valence-corrected chi connectivity index (χ0v) is 10.7. The molecule has 0 N–H and O–H groups in total. The number of hydrogen-bond donors (Lipinski definition) is 0. The van der Waals surface area contributed by atoms with Crippen LogP contribution in [0, 0.1) is 5.82 Å². The molecule has 0 aliphatic carbocycles. The first-order valence-corrected chi connectivity index (χ1v) is 5.78. The summed E-state index contributed by atoms with van der Waals surface area (Å²) >= 11 is 0. The number of allylic oxidation sites excluding steroid dienone is 1. The minimum atomic E-state index is -0.566. The maximum Gasteiger partial charge on any atom is 0.143 e. The van der Waals surface area contributed by atoms with Crippen molar-refractivity contribution in [2.75, 3.05) is 0 Å². The smallest absolute Gasteiger partial charge is 0.143 e. The van der Waals surface area contributed by atoms with Gasteiger partial charge in [-0.1, -0.05) is 17.7 Å². The van der Waals surface area contributed by atoms with Crippen molar-refractivity contribution in [3.8, 4) is 0 Å². The molecule has 0 aliphatic heterocycles. The Morgan fingerprint density at radius 1 is 1.24 bits per heavy atom.